The van der Waals surface area contributed by atoms with E-state index in [0.717, 1.165) is 19.5 Å². The van der Waals surface area contributed by atoms with Crippen molar-refractivity contribution in [2.24, 2.45) is 5.92 Å². The van der Waals surface area contributed by atoms with Crippen LogP contribution in [0.1, 0.15) is 45.7 Å². The van der Waals surface area contributed by atoms with E-state index in [4.69, 9.17) is 0 Å². The van der Waals surface area contributed by atoms with Gasteiger partial charge in [0, 0.05) is 18.6 Å². The van der Waals surface area contributed by atoms with Gasteiger partial charge in [0.15, 0.2) is 0 Å². The molecule has 0 saturated heterocycles. The van der Waals surface area contributed by atoms with Crippen LogP contribution >= 0.6 is 0 Å². The highest BCUT2D eigenvalue weighted by molar-refractivity contribution is 5.66. The molecule has 22 heavy (non-hydrogen) atoms. The monoisotopic (exact) mass is 306 g/mol. The van der Waals surface area contributed by atoms with E-state index < -0.39 is 6.09 Å². The molecule has 2 N–H and O–H groups in total. The average molecular weight is 306 g/mol. The Bertz CT molecular complexity index is 461. The Labute approximate surface area is 134 Å². The number of hydrogen-bond donors (Lipinski definition) is 2. The second kappa shape index (κ2) is 8.18. The van der Waals surface area contributed by atoms with Crippen molar-refractivity contribution in [3.05, 3.63) is 35.4 Å². The standard InChI is InChI=1S/C18H30N2O2/c1-14(2)12-19-13-16-8-6-15(7-9-16)10-11-20(17(21)22)18(3,4)5/h6-9,14,19H,10-13H2,1-5H3,(H,21,22). The van der Waals surface area contributed by atoms with Gasteiger partial charge in [-0.05, 0) is 50.8 Å². The van der Waals surface area contributed by atoms with Gasteiger partial charge in [0.05, 0.1) is 0 Å². The minimum absolute atomic E-state index is 0.369. The van der Waals surface area contributed by atoms with E-state index >= 15 is 0 Å². The lowest BCUT2D eigenvalue weighted by atomic mass is 10.0. The SMILES string of the molecule is CC(C)CNCc1ccc(CCN(C(=O)O)C(C)(C)C)cc1. The molecule has 4 heteroatoms. The largest absolute Gasteiger partial charge is 0.465 e. The third-order valence-electron chi connectivity index (χ3n) is 3.57. The van der Waals surface area contributed by atoms with E-state index in [0.29, 0.717) is 12.5 Å². The molecule has 1 aromatic rings. The van der Waals surface area contributed by atoms with Gasteiger partial charge < -0.3 is 15.3 Å². The number of rotatable bonds is 7. The summed E-state index contributed by atoms with van der Waals surface area (Å²) in [5, 5.41) is 12.7. The molecule has 0 radical (unpaired) electrons. The predicted octanol–water partition coefficient (Wildman–Crippen LogP) is 3.75. The van der Waals surface area contributed by atoms with Crippen LogP contribution in [0.4, 0.5) is 4.79 Å². The fraction of sp³-hybridized carbons (Fsp3) is 0.611. The summed E-state index contributed by atoms with van der Waals surface area (Å²) in [5.41, 5.74) is 2.06. The van der Waals surface area contributed by atoms with Crippen molar-refractivity contribution in [3.63, 3.8) is 0 Å². The van der Waals surface area contributed by atoms with Crippen LogP contribution in [0.15, 0.2) is 24.3 Å². The van der Waals surface area contributed by atoms with Crippen molar-refractivity contribution >= 4 is 6.09 Å². The van der Waals surface area contributed by atoms with Crippen molar-refractivity contribution in [1.29, 1.82) is 0 Å². The highest BCUT2D eigenvalue weighted by atomic mass is 16.4. The highest BCUT2D eigenvalue weighted by Crippen LogP contribution is 2.15. The average Bonchev–Trinajstić information content (AvgIpc) is 2.38. The zero-order valence-corrected chi connectivity index (χ0v) is 14.5. The lowest BCUT2D eigenvalue weighted by molar-refractivity contribution is 0.101. The van der Waals surface area contributed by atoms with E-state index in [-0.39, 0.29) is 5.54 Å². The smallest absolute Gasteiger partial charge is 0.407 e. The summed E-state index contributed by atoms with van der Waals surface area (Å²) >= 11 is 0. The van der Waals surface area contributed by atoms with Crippen LogP contribution in [-0.4, -0.2) is 34.7 Å². The van der Waals surface area contributed by atoms with Crippen molar-refractivity contribution in [2.75, 3.05) is 13.1 Å². The summed E-state index contributed by atoms with van der Waals surface area (Å²) in [6.07, 6.45) is -0.120. The van der Waals surface area contributed by atoms with E-state index in [9.17, 15) is 9.90 Å². The summed E-state index contributed by atoms with van der Waals surface area (Å²) in [7, 11) is 0. The Kier molecular flexibility index (Phi) is 6.88. The van der Waals surface area contributed by atoms with Gasteiger partial charge in [0.25, 0.3) is 0 Å². The number of carboxylic acid groups (broad SMARTS) is 1. The molecule has 0 saturated carbocycles. The molecular formula is C18H30N2O2. The molecule has 0 aliphatic rings. The number of nitrogens with zero attached hydrogens (tertiary/aromatic N) is 1. The van der Waals surface area contributed by atoms with Crippen molar-refractivity contribution in [3.8, 4) is 0 Å². The van der Waals surface area contributed by atoms with Crippen LogP contribution in [0.2, 0.25) is 0 Å². The molecule has 1 rings (SSSR count). The maximum atomic E-state index is 11.3. The molecule has 0 bridgehead atoms. The van der Waals surface area contributed by atoms with Crippen LogP contribution in [0.25, 0.3) is 0 Å². The molecule has 0 aliphatic heterocycles. The third kappa shape index (κ3) is 6.48. The van der Waals surface area contributed by atoms with Crippen LogP contribution in [0, 0.1) is 5.92 Å². The van der Waals surface area contributed by atoms with Gasteiger partial charge in [-0.1, -0.05) is 38.1 Å². The quantitative estimate of drug-likeness (QED) is 0.806. The Morgan fingerprint density at radius 1 is 1.18 bits per heavy atom. The molecule has 0 aliphatic carbocycles. The third-order valence-corrected chi connectivity index (χ3v) is 3.57. The van der Waals surface area contributed by atoms with Crippen LogP contribution in [0.5, 0.6) is 0 Å². The fourth-order valence-electron chi connectivity index (χ4n) is 2.29. The molecule has 0 heterocycles. The van der Waals surface area contributed by atoms with Gasteiger partial charge in [0.2, 0.25) is 0 Å². The topological polar surface area (TPSA) is 52.6 Å². The van der Waals surface area contributed by atoms with Gasteiger partial charge >= 0.3 is 6.09 Å². The van der Waals surface area contributed by atoms with Crippen LogP contribution in [-0.2, 0) is 13.0 Å². The van der Waals surface area contributed by atoms with E-state index in [1.54, 1.807) is 0 Å². The number of amides is 1. The first-order valence-corrected chi connectivity index (χ1v) is 7.99. The van der Waals surface area contributed by atoms with Gasteiger partial charge in [-0.15, -0.1) is 0 Å². The van der Waals surface area contributed by atoms with Crippen molar-refractivity contribution in [2.45, 2.75) is 53.1 Å². The van der Waals surface area contributed by atoms with Crippen LogP contribution < -0.4 is 5.32 Å². The summed E-state index contributed by atoms with van der Waals surface area (Å²) in [6.45, 7) is 12.6. The summed E-state index contributed by atoms with van der Waals surface area (Å²) in [6, 6.07) is 8.42. The Morgan fingerprint density at radius 3 is 2.18 bits per heavy atom. The predicted molar refractivity (Wildman–Crippen MR) is 91.2 cm³/mol. The van der Waals surface area contributed by atoms with E-state index in [1.165, 1.54) is 16.0 Å². The second-order valence-electron chi connectivity index (χ2n) is 7.20. The molecule has 0 fully saturated rings. The number of hydrogen-bond acceptors (Lipinski definition) is 2. The van der Waals surface area contributed by atoms with Crippen LogP contribution in [0.3, 0.4) is 0 Å². The number of nitrogens with one attached hydrogen (secondary N) is 1. The zero-order chi connectivity index (χ0) is 16.8. The Balaban J connectivity index is 2.52. The van der Waals surface area contributed by atoms with E-state index in [2.05, 4.69) is 43.4 Å². The molecule has 0 unspecified atom stereocenters. The Morgan fingerprint density at radius 2 is 1.73 bits per heavy atom. The van der Waals surface area contributed by atoms with Gasteiger partial charge in [-0.2, -0.15) is 0 Å². The normalized spacial score (nSPS) is 11.7. The summed E-state index contributed by atoms with van der Waals surface area (Å²) in [5.74, 6) is 0.652. The van der Waals surface area contributed by atoms with Gasteiger partial charge in [-0.25, -0.2) is 4.79 Å². The molecular weight excluding hydrogens is 276 g/mol. The minimum Gasteiger partial charge on any atom is -0.465 e. The molecule has 0 atom stereocenters. The molecule has 0 aromatic heterocycles. The highest BCUT2D eigenvalue weighted by Gasteiger charge is 2.25. The zero-order valence-electron chi connectivity index (χ0n) is 14.5. The first kappa shape index (κ1) is 18.5. The molecule has 1 amide bonds. The summed E-state index contributed by atoms with van der Waals surface area (Å²) in [4.78, 5) is 12.8. The maximum absolute atomic E-state index is 11.3. The number of carbonyl (C=O) groups is 1. The minimum atomic E-state index is -0.859. The van der Waals surface area contributed by atoms with Gasteiger partial charge in [0.1, 0.15) is 0 Å². The fourth-order valence-corrected chi connectivity index (χ4v) is 2.29. The first-order chi connectivity index (χ1) is 10.2. The molecule has 1 aromatic carbocycles. The van der Waals surface area contributed by atoms with Gasteiger partial charge in [-0.3, -0.25) is 0 Å². The summed E-state index contributed by atoms with van der Waals surface area (Å²) < 4.78 is 0. The second-order valence-corrected chi connectivity index (χ2v) is 7.20. The lowest BCUT2D eigenvalue weighted by Gasteiger charge is -2.33. The van der Waals surface area contributed by atoms with Crippen molar-refractivity contribution < 1.29 is 9.90 Å². The molecule has 4 nitrogen and oxygen atoms in total. The lowest BCUT2D eigenvalue weighted by Crippen LogP contribution is -2.45. The molecule has 124 valence electrons. The van der Waals surface area contributed by atoms with E-state index in [1.807, 2.05) is 20.8 Å². The number of benzene rings is 1. The first-order valence-electron chi connectivity index (χ1n) is 7.99. The maximum Gasteiger partial charge on any atom is 0.407 e. The Hall–Kier alpha value is -1.55. The van der Waals surface area contributed by atoms with Crippen molar-refractivity contribution in [1.82, 2.24) is 10.2 Å². The molecule has 0 spiro atoms.